The highest BCUT2D eigenvalue weighted by Gasteiger charge is 2.08. The largest absolute Gasteiger partial charge is 0.382 e. The second kappa shape index (κ2) is 3.32. The van der Waals surface area contributed by atoms with E-state index in [-0.39, 0.29) is 0 Å². The fourth-order valence-corrected chi connectivity index (χ4v) is 2.61. The monoisotopic (exact) mass is 277 g/mol. The molecule has 6 heteroatoms. The van der Waals surface area contributed by atoms with Gasteiger partial charge in [-0.3, -0.25) is 5.10 Å². The zero-order valence-electron chi connectivity index (χ0n) is 6.34. The van der Waals surface area contributed by atoms with Gasteiger partial charge in [0, 0.05) is 10.5 Å². The summed E-state index contributed by atoms with van der Waals surface area (Å²) < 4.78 is 1.62. The number of anilines is 1. The number of nitrogens with one attached hydrogen (secondary N) is 1. The molecule has 2 rings (SSSR count). The highest BCUT2D eigenvalue weighted by Crippen LogP contribution is 2.37. The molecular weight excluding hydrogens is 274 g/mol. The van der Waals surface area contributed by atoms with Crippen LogP contribution in [0.5, 0.6) is 0 Å². The lowest BCUT2D eigenvalue weighted by Crippen LogP contribution is -1.81. The van der Waals surface area contributed by atoms with Gasteiger partial charge in [-0.25, -0.2) is 0 Å². The Kier molecular flexibility index (Phi) is 2.31. The van der Waals surface area contributed by atoms with E-state index >= 15 is 0 Å². The van der Waals surface area contributed by atoms with Crippen molar-refractivity contribution in [3.63, 3.8) is 0 Å². The zero-order valence-corrected chi connectivity index (χ0v) is 9.50. The standard InChI is InChI=1S/C7H5BrClN3S/c8-3-1-5(13-7(3)9)4-2-6(10)12-11-4/h1-2H,(H3,10,11,12). The normalized spacial score (nSPS) is 10.6. The third kappa shape index (κ3) is 1.72. The van der Waals surface area contributed by atoms with Crippen molar-refractivity contribution in [1.82, 2.24) is 10.2 Å². The Morgan fingerprint density at radius 3 is 2.77 bits per heavy atom. The summed E-state index contributed by atoms with van der Waals surface area (Å²) in [4.78, 5) is 1.01. The van der Waals surface area contributed by atoms with Crippen molar-refractivity contribution in [3.8, 4) is 10.6 Å². The zero-order chi connectivity index (χ0) is 9.42. The van der Waals surface area contributed by atoms with E-state index in [9.17, 15) is 0 Å². The molecule has 0 amide bonds. The second-order valence-corrected chi connectivity index (χ2v) is 4.95. The van der Waals surface area contributed by atoms with E-state index in [0.29, 0.717) is 5.82 Å². The number of nitrogen functional groups attached to an aromatic ring is 1. The third-order valence-electron chi connectivity index (χ3n) is 1.51. The molecule has 2 aromatic heterocycles. The maximum absolute atomic E-state index is 5.89. The number of aromatic nitrogens is 2. The maximum Gasteiger partial charge on any atom is 0.145 e. The number of thiophene rings is 1. The summed E-state index contributed by atoms with van der Waals surface area (Å²) in [5, 5.41) is 6.65. The molecule has 0 atom stereocenters. The molecule has 0 aliphatic heterocycles. The predicted octanol–water partition coefficient (Wildman–Crippen LogP) is 3.14. The summed E-state index contributed by atoms with van der Waals surface area (Å²) in [5.41, 5.74) is 6.36. The molecule has 0 saturated carbocycles. The molecule has 2 aromatic rings. The van der Waals surface area contributed by atoms with Gasteiger partial charge in [-0.1, -0.05) is 11.6 Å². The quantitative estimate of drug-likeness (QED) is 0.842. The number of rotatable bonds is 1. The molecular formula is C7H5BrClN3S. The van der Waals surface area contributed by atoms with Crippen molar-refractivity contribution in [2.24, 2.45) is 0 Å². The number of hydrogen-bond donors (Lipinski definition) is 2. The minimum atomic E-state index is 0.482. The van der Waals surface area contributed by atoms with Crippen LogP contribution in [0.3, 0.4) is 0 Å². The molecule has 0 spiro atoms. The Bertz CT molecular complexity index is 417. The van der Waals surface area contributed by atoms with Gasteiger partial charge in [-0.2, -0.15) is 5.10 Å². The van der Waals surface area contributed by atoms with Crippen molar-refractivity contribution >= 4 is 44.7 Å². The van der Waals surface area contributed by atoms with Crippen LogP contribution in [-0.4, -0.2) is 10.2 Å². The molecule has 0 fully saturated rings. The number of H-pyrrole nitrogens is 1. The van der Waals surface area contributed by atoms with Gasteiger partial charge in [0.25, 0.3) is 0 Å². The first-order valence-corrected chi connectivity index (χ1v) is 5.41. The molecule has 3 nitrogen and oxygen atoms in total. The third-order valence-corrected chi connectivity index (χ3v) is 4.02. The lowest BCUT2D eigenvalue weighted by molar-refractivity contribution is 1.11. The molecule has 0 aliphatic carbocycles. The molecule has 13 heavy (non-hydrogen) atoms. The summed E-state index contributed by atoms with van der Waals surface area (Å²) in [7, 11) is 0. The number of nitrogens with zero attached hydrogens (tertiary/aromatic N) is 1. The SMILES string of the molecule is Nc1cc(-c2cc(Br)c(Cl)s2)[nH]n1. The lowest BCUT2D eigenvalue weighted by atomic mass is 10.3. The van der Waals surface area contributed by atoms with E-state index in [1.807, 2.05) is 6.07 Å². The number of halogens is 2. The minimum absolute atomic E-state index is 0.482. The Morgan fingerprint density at radius 1 is 1.54 bits per heavy atom. The second-order valence-electron chi connectivity index (χ2n) is 2.44. The van der Waals surface area contributed by atoms with Crippen LogP contribution < -0.4 is 5.73 Å². The van der Waals surface area contributed by atoms with Crippen molar-refractivity contribution < 1.29 is 0 Å². The molecule has 3 N–H and O–H groups in total. The summed E-state index contributed by atoms with van der Waals surface area (Å²) in [5.74, 6) is 0.482. The summed E-state index contributed by atoms with van der Waals surface area (Å²) >= 11 is 10.7. The van der Waals surface area contributed by atoms with Crippen LogP contribution in [-0.2, 0) is 0 Å². The Balaban J connectivity index is 2.46. The maximum atomic E-state index is 5.89. The predicted molar refractivity (Wildman–Crippen MR) is 59.0 cm³/mol. The minimum Gasteiger partial charge on any atom is -0.382 e. The molecule has 68 valence electrons. The van der Waals surface area contributed by atoms with Crippen LogP contribution >= 0.6 is 38.9 Å². The average molecular weight is 279 g/mol. The molecule has 2 heterocycles. The lowest BCUT2D eigenvalue weighted by Gasteiger charge is -1.85. The molecule has 0 radical (unpaired) electrons. The van der Waals surface area contributed by atoms with Crippen LogP contribution in [0.15, 0.2) is 16.6 Å². The fraction of sp³-hybridized carbons (Fsp3) is 0. The summed E-state index contributed by atoms with van der Waals surface area (Å²) in [6, 6.07) is 3.70. The van der Waals surface area contributed by atoms with Crippen LogP contribution in [0.2, 0.25) is 4.34 Å². The Labute approximate surface area is 92.0 Å². The van der Waals surface area contributed by atoms with Gasteiger partial charge < -0.3 is 5.73 Å². The van der Waals surface area contributed by atoms with Gasteiger partial charge >= 0.3 is 0 Å². The Morgan fingerprint density at radius 2 is 2.31 bits per heavy atom. The van der Waals surface area contributed by atoms with Gasteiger partial charge in [0.1, 0.15) is 10.2 Å². The summed E-state index contributed by atoms with van der Waals surface area (Å²) in [6.07, 6.45) is 0. The van der Waals surface area contributed by atoms with Crippen molar-refractivity contribution in [2.75, 3.05) is 5.73 Å². The first-order chi connectivity index (χ1) is 6.16. The van der Waals surface area contributed by atoms with E-state index in [0.717, 1.165) is 19.4 Å². The van der Waals surface area contributed by atoms with E-state index in [2.05, 4.69) is 26.1 Å². The summed E-state index contributed by atoms with van der Waals surface area (Å²) in [6.45, 7) is 0. The smallest absolute Gasteiger partial charge is 0.145 e. The Hall–Kier alpha value is -0.520. The van der Waals surface area contributed by atoms with Crippen molar-refractivity contribution in [3.05, 3.63) is 20.9 Å². The topological polar surface area (TPSA) is 54.7 Å². The highest BCUT2D eigenvalue weighted by atomic mass is 79.9. The van der Waals surface area contributed by atoms with Crippen LogP contribution in [0, 0.1) is 0 Å². The van der Waals surface area contributed by atoms with Crippen LogP contribution in [0.1, 0.15) is 0 Å². The number of nitrogens with two attached hydrogens (primary N) is 1. The highest BCUT2D eigenvalue weighted by molar-refractivity contribution is 9.10. The number of aromatic amines is 1. The van der Waals surface area contributed by atoms with Gasteiger partial charge in [-0.05, 0) is 22.0 Å². The molecule has 0 saturated heterocycles. The first-order valence-electron chi connectivity index (χ1n) is 3.43. The van der Waals surface area contributed by atoms with E-state index in [4.69, 9.17) is 17.3 Å². The van der Waals surface area contributed by atoms with Crippen LogP contribution in [0.4, 0.5) is 5.82 Å². The van der Waals surface area contributed by atoms with Crippen molar-refractivity contribution in [2.45, 2.75) is 0 Å². The number of hydrogen-bond acceptors (Lipinski definition) is 3. The first kappa shape index (κ1) is 9.05. The van der Waals surface area contributed by atoms with Crippen molar-refractivity contribution in [1.29, 1.82) is 0 Å². The van der Waals surface area contributed by atoms with Gasteiger partial charge in [0.2, 0.25) is 0 Å². The van der Waals surface area contributed by atoms with E-state index < -0.39 is 0 Å². The molecule has 0 aromatic carbocycles. The van der Waals surface area contributed by atoms with Crippen LogP contribution in [0.25, 0.3) is 10.6 Å². The van der Waals surface area contributed by atoms with Gasteiger partial charge in [-0.15, -0.1) is 11.3 Å². The fourth-order valence-electron chi connectivity index (χ4n) is 0.943. The van der Waals surface area contributed by atoms with Gasteiger partial charge in [0.15, 0.2) is 0 Å². The molecule has 0 unspecified atom stereocenters. The van der Waals surface area contributed by atoms with E-state index in [1.165, 1.54) is 11.3 Å². The van der Waals surface area contributed by atoms with Gasteiger partial charge in [0.05, 0.1) is 10.6 Å². The molecule has 0 bridgehead atoms. The van der Waals surface area contributed by atoms with E-state index in [1.54, 1.807) is 6.07 Å². The molecule has 0 aliphatic rings. The average Bonchev–Trinajstić information content (AvgIpc) is 2.61.